The molecule has 0 atom stereocenters. The number of ether oxygens (including phenoxy) is 1. The molecule has 1 saturated heterocycles. The molecular formula is C6H12N2O2. The van der Waals surface area contributed by atoms with Crippen LogP contribution in [0.3, 0.4) is 0 Å². The molecular weight excluding hydrogens is 132 g/mol. The minimum atomic E-state index is -0.264. The number of hydrogen-bond donors (Lipinski definition) is 0. The molecule has 0 radical (unpaired) electrons. The van der Waals surface area contributed by atoms with E-state index < -0.39 is 0 Å². The molecule has 0 aliphatic carbocycles. The van der Waals surface area contributed by atoms with Crippen molar-refractivity contribution in [1.82, 2.24) is 10.0 Å². The Morgan fingerprint density at radius 1 is 1.50 bits per heavy atom. The van der Waals surface area contributed by atoms with Gasteiger partial charge in [-0.1, -0.05) is 0 Å². The van der Waals surface area contributed by atoms with Crippen LogP contribution in [0, 0.1) is 0 Å². The molecule has 1 heterocycles. The summed E-state index contributed by atoms with van der Waals surface area (Å²) in [7, 11) is 3.28. The molecule has 1 rings (SSSR count). The van der Waals surface area contributed by atoms with Crippen molar-refractivity contribution < 1.29 is 9.53 Å². The van der Waals surface area contributed by atoms with Crippen LogP contribution < -0.4 is 0 Å². The van der Waals surface area contributed by atoms with Gasteiger partial charge in [0.25, 0.3) is 0 Å². The van der Waals surface area contributed by atoms with Gasteiger partial charge in [0.05, 0.1) is 7.11 Å². The lowest BCUT2D eigenvalue weighted by molar-refractivity contribution is 0.0416. The van der Waals surface area contributed by atoms with Crippen molar-refractivity contribution in [1.29, 1.82) is 0 Å². The second-order valence-electron chi connectivity index (χ2n) is 2.33. The van der Waals surface area contributed by atoms with Gasteiger partial charge in [-0.25, -0.2) is 14.8 Å². The average Bonchev–Trinajstić information content (AvgIpc) is 2.34. The highest BCUT2D eigenvalue weighted by molar-refractivity contribution is 5.66. The molecule has 0 aromatic carbocycles. The Hall–Kier alpha value is -0.770. The molecule has 58 valence electrons. The first kappa shape index (κ1) is 7.34. The van der Waals surface area contributed by atoms with E-state index in [1.165, 1.54) is 7.11 Å². The Balaban J connectivity index is 2.46. The summed E-state index contributed by atoms with van der Waals surface area (Å²) in [5.74, 6) is 0. The van der Waals surface area contributed by atoms with E-state index in [4.69, 9.17) is 0 Å². The molecule has 1 amide bonds. The van der Waals surface area contributed by atoms with Crippen LogP contribution in [-0.2, 0) is 4.74 Å². The maximum absolute atomic E-state index is 10.9. The first-order valence-corrected chi connectivity index (χ1v) is 3.32. The zero-order chi connectivity index (χ0) is 7.56. The Morgan fingerprint density at radius 3 is 2.60 bits per heavy atom. The van der Waals surface area contributed by atoms with Gasteiger partial charge in [-0.3, -0.25) is 0 Å². The van der Waals surface area contributed by atoms with E-state index in [1.54, 1.807) is 5.01 Å². The minimum Gasteiger partial charge on any atom is -0.452 e. The number of rotatable bonds is 0. The standard InChI is InChI=1S/C6H12N2O2/c1-7-4-3-5-8(7)6(9)10-2/h3-5H2,1-2H3. The maximum Gasteiger partial charge on any atom is 0.424 e. The fraction of sp³-hybridized carbons (Fsp3) is 0.833. The summed E-state index contributed by atoms with van der Waals surface area (Å²) in [5, 5.41) is 3.46. The van der Waals surface area contributed by atoms with Crippen molar-refractivity contribution in [2.45, 2.75) is 6.42 Å². The molecule has 4 heteroatoms. The summed E-state index contributed by atoms with van der Waals surface area (Å²) in [6.07, 6.45) is 0.769. The number of carbonyl (C=O) groups excluding carboxylic acids is 1. The highest BCUT2D eigenvalue weighted by Crippen LogP contribution is 2.07. The number of carbonyl (C=O) groups is 1. The van der Waals surface area contributed by atoms with E-state index in [-0.39, 0.29) is 6.09 Å². The second-order valence-corrected chi connectivity index (χ2v) is 2.33. The molecule has 1 aliphatic rings. The van der Waals surface area contributed by atoms with E-state index in [2.05, 4.69) is 4.74 Å². The molecule has 0 spiro atoms. The van der Waals surface area contributed by atoms with E-state index in [0.717, 1.165) is 19.5 Å². The van der Waals surface area contributed by atoms with Gasteiger partial charge < -0.3 is 4.74 Å². The monoisotopic (exact) mass is 144 g/mol. The SMILES string of the molecule is COC(=O)N1CCCN1C. The third-order valence-electron chi connectivity index (χ3n) is 1.65. The first-order chi connectivity index (χ1) is 4.75. The van der Waals surface area contributed by atoms with Gasteiger partial charge in [0.15, 0.2) is 0 Å². The fourth-order valence-electron chi connectivity index (χ4n) is 1.08. The highest BCUT2D eigenvalue weighted by Gasteiger charge is 2.23. The Labute approximate surface area is 60.3 Å². The summed E-state index contributed by atoms with van der Waals surface area (Å²) >= 11 is 0. The number of nitrogens with zero attached hydrogens (tertiary/aromatic N) is 2. The van der Waals surface area contributed by atoms with Gasteiger partial charge in [0.1, 0.15) is 0 Å². The Kier molecular flexibility index (Phi) is 2.11. The minimum absolute atomic E-state index is 0.264. The molecule has 0 unspecified atom stereocenters. The van der Waals surface area contributed by atoms with Crippen molar-refractivity contribution in [3.05, 3.63) is 0 Å². The van der Waals surface area contributed by atoms with Crippen LogP contribution >= 0.6 is 0 Å². The molecule has 4 nitrogen and oxygen atoms in total. The van der Waals surface area contributed by atoms with Crippen LogP contribution in [0.2, 0.25) is 0 Å². The van der Waals surface area contributed by atoms with Crippen LogP contribution in [0.15, 0.2) is 0 Å². The quantitative estimate of drug-likeness (QED) is 0.490. The summed E-state index contributed by atoms with van der Waals surface area (Å²) in [5.41, 5.74) is 0. The lowest BCUT2D eigenvalue weighted by atomic mass is 10.5. The van der Waals surface area contributed by atoms with Crippen LogP contribution in [0.25, 0.3) is 0 Å². The zero-order valence-electron chi connectivity index (χ0n) is 6.33. The molecule has 0 aromatic heterocycles. The lowest BCUT2D eigenvalue weighted by Gasteiger charge is -2.21. The van der Waals surface area contributed by atoms with Gasteiger partial charge in [-0.15, -0.1) is 0 Å². The van der Waals surface area contributed by atoms with Crippen molar-refractivity contribution in [3.8, 4) is 0 Å². The van der Waals surface area contributed by atoms with Gasteiger partial charge in [0, 0.05) is 20.1 Å². The summed E-state index contributed by atoms with van der Waals surface area (Å²) in [6, 6.07) is 0. The zero-order valence-corrected chi connectivity index (χ0v) is 6.33. The maximum atomic E-state index is 10.9. The summed E-state index contributed by atoms with van der Waals surface area (Å²) in [4.78, 5) is 10.9. The number of amides is 1. The average molecular weight is 144 g/mol. The predicted octanol–water partition coefficient (Wildman–Crippen LogP) is 0.305. The van der Waals surface area contributed by atoms with Crippen LogP contribution in [0.4, 0.5) is 4.79 Å². The third kappa shape index (κ3) is 1.21. The van der Waals surface area contributed by atoms with Gasteiger partial charge >= 0.3 is 6.09 Å². The number of hydrazine groups is 1. The van der Waals surface area contributed by atoms with Gasteiger partial charge in [-0.05, 0) is 6.42 Å². The molecule has 0 bridgehead atoms. The van der Waals surface area contributed by atoms with E-state index in [1.807, 2.05) is 12.1 Å². The molecule has 1 aliphatic heterocycles. The molecule has 0 saturated carbocycles. The van der Waals surface area contributed by atoms with Crippen molar-refractivity contribution >= 4 is 6.09 Å². The highest BCUT2D eigenvalue weighted by atomic mass is 16.5. The van der Waals surface area contributed by atoms with E-state index in [0.29, 0.717) is 0 Å². The molecule has 1 fully saturated rings. The predicted molar refractivity (Wildman–Crippen MR) is 36.4 cm³/mol. The number of hydrogen-bond acceptors (Lipinski definition) is 3. The smallest absolute Gasteiger partial charge is 0.424 e. The third-order valence-corrected chi connectivity index (χ3v) is 1.65. The summed E-state index contributed by atoms with van der Waals surface area (Å²) < 4.78 is 4.55. The van der Waals surface area contributed by atoms with Crippen LogP contribution in [0.5, 0.6) is 0 Å². The number of methoxy groups -OCH3 is 1. The van der Waals surface area contributed by atoms with Gasteiger partial charge in [0.2, 0.25) is 0 Å². The molecule has 0 N–H and O–H groups in total. The molecule has 10 heavy (non-hydrogen) atoms. The Morgan fingerprint density at radius 2 is 2.20 bits per heavy atom. The fourth-order valence-corrected chi connectivity index (χ4v) is 1.08. The van der Waals surface area contributed by atoms with Crippen molar-refractivity contribution in [2.75, 3.05) is 27.2 Å². The normalized spacial score (nSPS) is 19.6. The van der Waals surface area contributed by atoms with Crippen molar-refractivity contribution in [3.63, 3.8) is 0 Å². The van der Waals surface area contributed by atoms with Gasteiger partial charge in [-0.2, -0.15) is 0 Å². The Bertz CT molecular complexity index is 138. The first-order valence-electron chi connectivity index (χ1n) is 3.32. The second kappa shape index (κ2) is 2.88. The van der Waals surface area contributed by atoms with E-state index >= 15 is 0 Å². The summed E-state index contributed by atoms with van der Waals surface area (Å²) in [6.45, 7) is 1.72. The van der Waals surface area contributed by atoms with Crippen LogP contribution in [-0.4, -0.2) is 43.4 Å². The van der Waals surface area contributed by atoms with E-state index in [9.17, 15) is 4.79 Å². The van der Waals surface area contributed by atoms with Crippen molar-refractivity contribution in [2.24, 2.45) is 0 Å². The largest absolute Gasteiger partial charge is 0.452 e. The lowest BCUT2D eigenvalue weighted by Crippen LogP contribution is -2.38. The topological polar surface area (TPSA) is 32.8 Å². The van der Waals surface area contributed by atoms with Crippen LogP contribution in [0.1, 0.15) is 6.42 Å². The molecule has 0 aromatic rings.